The number of pyridine rings is 1. The molecule has 3 aromatic heterocycles. The number of anilines is 2. The van der Waals surface area contributed by atoms with E-state index in [0.29, 0.717) is 30.3 Å². The van der Waals surface area contributed by atoms with E-state index in [-0.39, 0.29) is 17.4 Å². The van der Waals surface area contributed by atoms with Crippen LogP contribution in [0.25, 0.3) is 4.96 Å². The number of nitrogens with zero attached hydrogens (tertiary/aromatic N) is 7. The minimum Gasteiger partial charge on any atom is -0.353 e. The van der Waals surface area contributed by atoms with E-state index in [0.717, 1.165) is 43.4 Å². The van der Waals surface area contributed by atoms with Crippen LogP contribution in [0.5, 0.6) is 0 Å². The average Bonchev–Trinajstić information content (AvgIpc) is 3.24. The first kappa shape index (κ1) is 19.9. The molecule has 2 fully saturated rings. The minimum absolute atomic E-state index is 0.0476. The Morgan fingerprint density at radius 1 is 1.13 bits per heavy atom. The SMILES string of the molecule is Cc1cc(=O)n2nc(N3CCCC(C(=O)N4CCN(c5ccccn5)CC4)C3)sc2n1. The number of piperidine rings is 1. The molecule has 0 saturated carbocycles. The number of fused-ring (bicyclic) bond motifs is 1. The zero-order chi connectivity index (χ0) is 21.4. The van der Waals surface area contributed by atoms with Crippen molar-refractivity contribution in [2.24, 2.45) is 5.92 Å². The van der Waals surface area contributed by atoms with Crippen molar-refractivity contribution in [1.82, 2.24) is 24.5 Å². The maximum Gasteiger partial charge on any atom is 0.275 e. The van der Waals surface area contributed by atoms with Crippen LogP contribution in [0.3, 0.4) is 0 Å². The first-order chi connectivity index (χ1) is 15.1. The predicted octanol–water partition coefficient (Wildman–Crippen LogP) is 1.42. The summed E-state index contributed by atoms with van der Waals surface area (Å²) >= 11 is 1.41. The predicted molar refractivity (Wildman–Crippen MR) is 120 cm³/mol. The Kier molecular flexibility index (Phi) is 5.31. The zero-order valence-corrected chi connectivity index (χ0v) is 18.3. The molecule has 1 unspecified atom stereocenters. The van der Waals surface area contributed by atoms with Gasteiger partial charge in [-0.25, -0.2) is 9.97 Å². The number of hydrogen-bond donors (Lipinski definition) is 0. The lowest BCUT2D eigenvalue weighted by Crippen LogP contribution is -2.52. The number of aryl methyl sites for hydroxylation is 1. The summed E-state index contributed by atoms with van der Waals surface area (Å²) in [6.07, 6.45) is 3.62. The van der Waals surface area contributed by atoms with Gasteiger partial charge < -0.3 is 14.7 Å². The Bertz CT molecular complexity index is 1140. The molecule has 0 N–H and O–H groups in total. The Labute approximate surface area is 183 Å². The van der Waals surface area contributed by atoms with E-state index >= 15 is 0 Å². The molecule has 0 bridgehead atoms. The van der Waals surface area contributed by atoms with Gasteiger partial charge in [0.25, 0.3) is 5.56 Å². The molecule has 1 amide bonds. The number of hydrogen-bond acceptors (Lipinski definition) is 8. The van der Waals surface area contributed by atoms with Crippen LogP contribution in [0.1, 0.15) is 18.5 Å². The van der Waals surface area contributed by atoms with Crippen LogP contribution < -0.4 is 15.4 Å². The molecule has 9 nitrogen and oxygen atoms in total. The van der Waals surface area contributed by atoms with Crippen LogP contribution in [0.2, 0.25) is 0 Å². The van der Waals surface area contributed by atoms with Gasteiger partial charge in [-0.2, -0.15) is 4.52 Å². The van der Waals surface area contributed by atoms with Crippen molar-refractivity contribution in [3.63, 3.8) is 0 Å². The zero-order valence-electron chi connectivity index (χ0n) is 17.5. The number of amides is 1. The van der Waals surface area contributed by atoms with Crippen molar-refractivity contribution in [2.75, 3.05) is 49.1 Å². The van der Waals surface area contributed by atoms with E-state index in [4.69, 9.17) is 0 Å². The van der Waals surface area contributed by atoms with E-state index in [2.05, 4.69) is 24.9 Å². The van der Waals surface area contributed by atoms with Crippen molar-refractivity contribution in [1.29, 1.82) is 0 Å². The van der Waals surface area contributed by atoms with Crippen LogP contribution in [-0.2, 0) is 4.79 Å². The summed E-state index contributed by atoms with van der Waals surface area (Å²) < 4.78 is 1.36. The van der Waals surface area contributed by atoms with E-state index < -0.39 is 0 Å². The van der Waals surface area contributed by atoms with Crippen LogP contribution >= 0.6 is 11.3 Å². The first-order valence-electron chi connectivity index (χ1n) is 10.7. The quantitative estimate of drug-likeness (QED) is 0.610. The first-order valence-corrected chi connectivity index (χ1v) is 11.5. The highest BCUT2D eigenvalue weighted by Crippen LogP contribution is 2.28. The molecule has 0 aliphatic carbocycles. The third kappa shape index (κ3) is 3.99. The Morgan fingerprint density at radius 3 is 2.74 bits per heavy atom. The molecule has 0 spiro atoms. The van der Waals surface area contributed by atoms with Gasteiger partial charge in [-0.3, -0.25) is 9.59 Å². The number of aromatic nitrogens is 4. The summed E-state index contributed by atoms with van der Waals surface area (Å²) in [6, 6.07) is 7.40. The van der Waals surface area contributed by atoms with Crippen molar-refractivity contribution in [3.8, 4) is 0 Å². The van der Waals surface area contributed by atoms with Gasteiger partial charge in [-0.05, 0) is 31.9 Å². The molecular weight excluding hydrogens is 414 g/mol. The fraction of sp³-hybridized carbons (Fsp3) is 0.476. The second-order valence-electron chi connectivity index (χ2n) is 8.10. The molecule has 5 rings (SSSR count). The largest absolute Gasteiger partial charge is 0.353 e. The van der Waals surface area contributed by atoms with Gasteiger partial charge in [0.1, 0.15) is 5.82 Å². The molecule has 10 heteroatoms. The average molecular weight is 440 g/mol. The third-order valence-corrected chi connectivity index (χ3v) is 6.94. The van der Waals surface area contributed by atoms with Crippen molar-refractivity contribution in [3.05, 3.63) is 46.5 Å². The van der Waals surface area contributed by atoms with Crippen LogP contribution in [0.15, 0.2) is 35.3 Å². The lowest BCUT2D eigenvalue weighted by Gasteiger charge is -2.39. The van der Waals surface area contributed by atoms with Gasteiger partial charge in [0.2, 0.25) is 16.0 Å². The number of carbonyl (C=O) groups is 1. The summed E-state index contributed by atoms with van der Waals surface area (Å²) in [5, 5.41) is 5.23. The Hall–Kier alpha value is -3.01. The van der Waals surface area contributed by atoms with Gasteiger partial charge in [0.05, 0.1) is 5.92 Å². The Morgan fingerprint density at radius 2 is 1.97 bits per heavy atom. The standard InChI is InChI=1S/C21H25N7O2S/c1-15-13-18(29)28-20(23-15)31-21(24-28)27-8-4-5-16(14-27)19(30)26-11-9-25(10-12-26)17-6-2-3-7-22-17/h2-3,6-7,13,16H,4-5,8-12,14H2,1H3. The smallest absolute Gasteiger partial charge is 0.275 e. The van der Waals surface area contributed by atoms with Gasteiger partial charge in [0, 0.05) is 57.2 Å². The van der Waals surface area contributed by atoms with Crippen LogP contribution in [0, 0.1) is 12.8 Å². The van der Waals surface area contributed by atoms with Crippen molar-refractivity contribution >= 4 is 33.2 Å². The van der Waals surface area contributed by atoms with Gasteiger partial charge in [0.15, 0.2) is 0 Å². The molecule has 0 radical (unpaired) electrons. The molecule has 0 aromatic carbocycles. The number of rotatable bonds is 3. The highest BCUT2D eigenvalue weighted by atomic mass is 32.1. The molecule has 1 atom stereocenters. The highest BCUT2D eigenvalue weighted by molar-refractivity contribution is 7.20. The lowest BCUT2D eigenvalue weighted by atomic mass is 9.96. The number of piperazine rings is 1. The van der Waals surface area contributed by atoms with E-state index in [1.807, 2.05) is 30.0 Å². The minimum atomic E-state index is -0.166. The van der Waals surface area contributed by atoms with E-state index in [1.54, 1.807) is 6.20 Å². The fourth-order valence-electron chi connectivity index (χ4n) is 4.35. The van der Waals surface area contributed by atoms with E-state index in [1.165, 1.54) is 21.9 Å². The Balaban J connectivity index is 1.25. The normalized spacial score (nSPS) is 19.8. The van der Waals surface area contributed by atoms with Gasteiger partial charge >= 0.3 is 0 Å². The molecule has 2 aliphatic heterocycles. The summed E-state index contributed by atoms with van der Waals surface area (Å²) in [5.74, 6) is 1.14. The molecular formula is C21H25N7O2S. The topological polar surface area (TPSA) is 86.9 Å². The third-order valence-electron chi connectivity index (χ3n) is 5.97. The molecule has 2 saturated heterocycles. The molecule has 31 heavy (non-hydrogen) atoms. The summed E-state index contributed by atoms with van der Waals surface area (Å²) in [5.41, 5.74) is 0.525. The maximum atomic E-state index is 13.2. The highest BCUT2D eigenvalue weighted by Gasteiger charge is 2.32. The van der Waals surface area contributed by atoms with E-state index in [9.17, 15) is 9.59 Å². The van der Waals surface area contributed by atoms with Crippen LogP contribution in [0.4, 0.5) is 10.9 Å². The monoisotopic (exact) mass is 439 g/mol. The molecule has 3 aromatic rings. The second-order valence-corrected chi connectivity index (χ2v) is 9.03. The molecule has 162 valence electrons. The summed E-state index contributed by atoms with van der Waals surface area (Å²) in [4.78, 5) is 41.2. The maximum absolute atomic E-state index is 13.2. The van der Waals surface area contributed by atoms with Crippen molar-refractivity contribution < 1.29 is 4.79 Å². The fourth-order valence-corrected chi connectivity index (χ4v) is 5.33. The molecule has 2 aliphatic rings. The summed E-state index contributed by atoms with van der Waals surface area (Å²) in [7, 11) is 0. The summed E-state index contributed by atoms with van der Waals surface area (Å²) in [6.45, 7) is 6.30. The van der Waals surface area contributed by atoms with Gasteiger partial charge in [-0.15, -0.1) is 5.10 Å². The number of carbonyl (C=O) groups excluding carboxylic acids is 1. The van der Waals surface area contributed by atoms with Gasteiger partial charge in [-0.1, -0.05) is 17.4 Å². The molecule has 5 heterocycles. The second kappa shape index (κ2) is 8.26. The van der Waals surface area contributed by atoms with Crippen molar-refractivity contribution in [2.45, 2.75) is 19.8 Å². The van der Waals surface area contributed by atoms with Crippen LogP contribution in [-0.4, -0.2) is 69.7 Å². The lowest BCUT2D eigenvalue weighted by molar-refractivity contribution is -0.136.